The van der Waals surface area contributed by atoms with E-state index in [-0.39, 0.29) is 17.1 Å². The molecule has 0 aromatic heterocycles. The van der Waals surface area contributed by atoms with E-state index in [4.69, 9.17) is 0 Å². The van der Waals surface area contributed by atoms with Crippen LogP contribution in [0.2, 0.25) is 0 Å². The Morgan fingerprint density at radius 1 is 1.09 bits per heavy atom. The van der Waals surface area contributed by atoms with Crippen LogP contribution in [0.25, 0.3) is 0 Å². The second-order valence-corrected chi connectivity index (χ2v) is 9.69. The number of piperidine rings is 1. The number of rotatable bonds is 8. The number of likely N-dealkylation sites (tertiary alicyclic amines) is 1. The number of allylic oxidation sites excluding steroid dienone is 1. The van der Waals surface area contributed by atoms with E-state index in [1.807, 2.05) is 13.0 Å². The van der Waals surface area contributed by atoms with Crippen molar-refractivity contribution in [3.8, 4) is 0 Å². The van der Waals surface area contributed by atoms with E-state index in [0.717, 1.165) is 75.0 Å². The minimum atomic E-state index is 0.0303. The van der Waals surface area contributed by atoms with Crippen LogP contribution in [0.3, 0.4) is 0 Å². The zero-order valence-electron chi connectivity index (χ0n) is 20.5. The largest absolute Gasteiger partial charge is 0.359 e. The quantitative estimate of drug-likeness (QED) is 0.494. The Bertz CT molecular complexity index is 904. The Morgan fingerprint density at radius 3 is 2.38 bits per heavy atom. The van der Waals surface area contributed by atoms with Gasteiger partial charge in [0.2, 0.25) is 0 Å². The molecule has 1 amide bonds. The third-order valence-corrected chi connectivity index (χ3v) is 7.65. The summed E-state index contributed by atoms with van der Waals surface area (Å²) in [6.45, 7) is 14.5. The van der Waals surface area contributed by atoms with E-state index >= 15 is 0 Å². The van der Waals surface area contributed by atoms with Crippen LogP contribution in [0.4, 0.5) is 0 Å². The summed E-state index contributed by atoms with van der Waals surface area (Å²) in [6, 6.07) is 6.28. The van der Waals surface area contributed by atoms with Gasteiger partial charge < -0.3 is 10.2 Å². The van der Waals surface area contributed by atoms with Gasteiger partial charge in [-0.3, -0.25) is 9.59 Å². The molecule has 1 saturated heterocycles. The molecule has 174 valence electrons. The normalized spacial score (nSPS) is 18.4. The Labute approximate surface area is 194 Å². The van der Waals surface area contributed by atoms with Crippen molar-refractivity contribution in [1.29, 1.82) is 0 Å². The summed E-state index contributed by atoms with van der Waals surface area (Å²) in [7, 11) is 0. The predicted octanol–water partition coefficient (Wildman–Crippen LogP) is 6.20. The minimum Gasteiger partial charge on any atom is -0.359 e. The SMILES string of the molecule is C=C(NC(=O)C1=C(C)CCCC1)N1CCC(CC)(c2ccc(C(=O)CCC)cc2C)CC1. The van der Waals surface area contributed by atoms with Crippen molar-refractivity contribution in [2.24, 2.45) is 0 Å². The van der Waals surface area contributed by atoms with Gasteiger partial charge >= 0.3 is 0 Å². The second-order valence-electron chi connectivity index (χ2n) is 9.69. The molecule has 0 spiro atoms. The Balaban J connectivity index is 1.66. The maximum Gasteiger partial charge on any atom is 0.252 e. The number of carbonyl (C=O) groups is 2. The van der Waals surface area contributed by atoms with Gasteiger partial charge in [-0.05, 0) is 87.8 Å². The zero-order chi connectivity index (χ0) is 23.3. The van der Waals surface area contributed by atoms with Gasteiger partial charge in [-0.2, -0.15) is 0 Å². The minimum absolute atomic E-state index is 0.0303. The lowest BCUT2D eigenvalue weighted by Gasteiger charge is -2.44. The number of benzene rings is 1. The van der Waals surface area contributed by atoms with Gasteiger partial charge in [-0.25, -0.2) is 0 Å². The first kappa shape index (κ1) is 24.3. The average Bonchev–Trinajstić information content (AvgIpc) is 2.79. The maximum absolute atomic E-state index is 12.8. The summed E-state index contributed by atoms with van der Waals surface area (Å²) >= 11 is 0. The lowest BCUT2D eigenvalue weighted by Crippen LogP contribution is -2.45. The van der Waals surface area contributed by atoms with Gasteiger partial charge in [-0.1, -0.05) is 38.1 Å². The van der Waals surface area contributed by atoms with Gasteiger partial charge in [0.1, 0.15) is 5.82 Å². The van der Waals surface area contributed by atoms with Crippen molar-refractivity contribution in [3.05, 3.63) is 58.4 Å². The van der Waals surface area contributed by atoms with E-state index in [0.29, 0.717) is 6.42 Å². The molecule has 3 rings (SSSR count). The van der Waals surface area contributed by atoms with E-state index in [2.05, 4.69) is 49.7 Å². The summed E-state index contributed by atoms with van der Waals surface area (Å²) in [5.74, 6) is 0.989. The molecule has 1 aliphatic heterocycles. The van der Waals surface area contributed by atoms with Gasteiger partial charge in [0.25, 0.3) is 5.91 Å². The lowest BCUT2D eigenvalue weighted by atomic mass is 9.69. The molecule has 1 N–H and O–H groups in total. The Kier molecular flexibility index (Phi) is 7.97. The van der Waals surface area contributed by atoms with Crippen molar-refractivity contribution in [3.63, 3.8) is 0 Å². The van der Waals surface area contributed by atoms with Crippen molar-refractivity contribution >= 4 is 11.7 Å². The van der Waals surface area contributed by atoms with Crippen LogP contribution in [0, 0.1) is 6.92 Å². The van der Waals surface area contributed by atoms with Crippen molar-refractivity contribution in [2.45, 2.75) is 90.9 Å². The first-order valence-electron chi connectivity index (χ1n) is 12.4. The summed E-state index contributed by atoms with van der Waals surface area (Å²) in [4.78, 5) is 27.3. The van der Waals surface area contributed by atoms with Crippen molar-refractivity contribution in [2.75, 3.05) is 13.1 Å². The number of carbonyl (C=O) groups excluding carboxylic acids is 2. The van der Waals surface area contributed by atoms with E-state index in [1.165, 1.54) is 23.1 Å². The van der Waals surface area contributed by atoms with Crippen LogP contribution in [0.5, 0.6) is 0 Å². The number of nitrogens with zero attached hydrogens (tertiary/aromatic N) is 1. The molecule has 0 bridgehead atoms. The third-order valence-electron chi connectivity index (χ3n) is 7.65. The molecule has 1 heterocycles. The van der Waals surface area contributed by atoms with Crippen LogP contribution in [-0.4, -0.2) is 29.7 Å². The molecule has 1 aliphatic carbocycles. The molecule has 1 fully saturated rings. The molecular weight excluding hydrogens is 396 g/mol. The molecule has 1 aromatic carbocycles. The van der Waals surface area contributed by atoms with Crippen molar-refractivity contribution < 1.29 is 9.59 Å². The highest BCUT2D eigenvalue weighted by molar-refractivity contribution is 5.96. The monoisotopic (exact) mass is 436 g/mol. The van der Waals surface area contributed by atoms with Crippen molar-refractivity contribution in [1.82, 2.24) is 10.2 Å². The smallest absolute Gasteiger partial charge is 0.252 e. The third kappa shape index (κ3) is 5.16. The summed E-state index contributed by atoms with van der Waals surface area (Å²) < 4.78 is 0. The topological polar surface area (TPSA) is 49.4 Å². The van der Waals surface area contributed by atoms with Gasteiger partial charge in [0, 0.05) is 30.6 Å². The number of hydrogen-bond acceptors (Lipinski definition) is 3. The van der Waals surface area contributed by atoms with E-state index in [1.54, 1.807) is 0 Å². The Hall–Kier alpha value is -2.36. The molecule has 0 atom stereocenters. The molecule has 2 aliphatic rings. The lowest BCUT2D eigenvalue weighted by molar-refractivity contribution is -0.117. The Morgan fingerprint density at radius 2 is 1.78 bits per heavy atom. The van der Waals surface area contributed by atoms with Crippen LogP contribution < -0.4 is 5.32 Å². The summed E-state index contributed by atoms with van der Waals surface area (Å²) in [5, 5.41) is 3.08. The van der Waals surface area contributed by atoms with Crippen LogP contribution in [-0.2, 0) is 10.2 Å². The van der Waals surface area contributed by atoms with Crippen LogP contribution in [0.15, 0.2) is 41.7 Å². The second kappa shape index (κ2) is 10.5. The maximum atomic E-state index is 12.8. The first-order chi connectivity index (χ1) is 15.3. The molecule has 4 nitrogen and oxygen atoms in total. The van der Waals surface area contributed by atoms with Gasteiger partial charge in [0.05, 0.1) is 0 Å². The van der Waals surface area contributed by atoms with Crippen LogP contribution in [0.1, 0.15) is 100 Å². The fraction of sp³-hybridized carbons (Fsp3) is 0.571. The van der Waals surface area contributed by atoms with Crippen LogP contribution >= 0.6 is 0 Å². The van der Waals surface area contributed by atoms with E-state index < -0.39 is 0 Å². The predicted molar refractivity (Wildman–Crippen MR) is 132 cm³/mol. The average molecular weight is 437 g/mol. The molecule has 4 heteroatoms. The highest BCUT2D eigenvalue weighted by Gasteiger charge is 2.36. The number of ketones is 1. The molecule has 32 heavy (non-hydrogen) atoms. The fourth-order valence-electron chi connectivity index (χ4n) is 5.47. The standard InChI is InChI=1S/C28H40N2O2/c1-6-10-26(31)23-13-14-25(21(4)19-23)28(7-2)15-17-30(18-16-28)22(5)29-27(32)24-12-9-8-11-20(24)3/h13-14,19H,5-12,15-18H2,1-4H3,(H,29,32). The highest BCUT2D eigenvalue weighted by Crippen LogP contribution is 2.41. The zero-order valence-corrected chi connectivity index (χ0v) is 20.5. The molecule has 0 saturated carbocycles. The number of aryl methyl sites for hydroxylation is 1. The number of amides is 1. The molecule has 0 radical (unpaired) electrons. The highest BCUT2D eigenvalue weighted by atomic mass is 16.2. The fourth-order valence-corrected chi connectivity index (χ4v) is 5.47. The number of Topliss-reactive ketones (excluding diaryl/α,β-unsaturated/α-hetero) is 1. The first-order valence-corrected chi connectivity index (χ1v) is 12.4. The summed E-state index contributed by atoms with van der Waals surface area (Å²) in [6.07, 6.45) is 8.77. The molecular formula is C28H40N2O2. The van der Waals surface area contributed by atoms with E-state index in [9.17, 15) is 9.59 Å². The molecule has 0 unspecified atom stereocenters. The summed E-state index contributed by atoms with van der Waals surface area (Å²) in [5.41, 5.74) is 5.70. The number of nitrogens with one attached hydrogen (secondary N) is 1. The van der Waals surface area contributed by atoms with Gasteiger partial charge in [-0.15, -0.1) is 0 Å². The van der Waals surface area contributed by atoms with Gasteiger partial charge in [0.15, 0.2) is 5.78 Å². The number of hydrogen-bond donors (Lipinski definition) is 1. The molecule has 1 aromatic rings.